The highest BCUT2D eigenvalue weighted by molar-refractivity contribution is 5.89. The number of nitrogens with one attached hydrogen (secondary N) is 2. The van der Waals surface area contributed by atoms with Gasteiger partial charge in [-0.15, -0.1) is 0 Å². The topological polar surface area (TPSA) is 57.3 Å². The summed E-state index contributed by atoms with van der Waals surface area (Å²) in [6, 6.07) is 15.3. The normalized spacial score (nSPS) is 17.5. The van der Waals surface area contributed by atoms with E-state index in [0.29, 0.717) is 0 Å². The minimum atomic E-state index is -0.158. The molecule has 0 spiro atoms. The highest BCUT2D eigenvalue weighted by Gasteiger charge is 2.24. The molecule has 0 aliphatic carbocycles. The average Bonchev–Trinajstić information content (AvgIpc) is 2.97. The van der Waals surface area contributed by atoms with Crippen molar-refractivity contribution < 1.29 is 4.79 Å². The van der Waals surface area contributed by atoms with Gasteiger partial charge in [0, 0.05) is 31.0 Å². The summed E-state index contributed by atoms with van der Waals surface area (Å²) in [4.78, 5) is 18.5. The minimum absolute atomic E-state index is 0.149. The summed E-state index contributed by atoms with van der Waals surface area (Å²) in [6.45, 7) is 1.70. The third-order valence-electron chi connectivity index (χ3n) is 3.53. The number of urea groups is 1. The molecule has 1 fully saturated rings. The van der Waals surface area contributed by atoms with Gasteiger partial charge in [-0.3, -0.25) is 0 Å². The Kier molecular flexibility index (Phi) is 4.00. The zero-order valence-corrected chi connectivity index (χ0v) is 11.7. The van der Waals surface area contributed by atoms with Crippen molar-refractivity contribution >= 4 is 17.5 Å². The molecule has 21 heavy (non-hydrogen) atoms. The molecular weight excluding hydrogens is 264 g/mol. The van der Waals surface area contributed by atoms with Crippen molar-refractivity contribution in [3.05, 3.63) is 54.7 Å². The second-order valence-electron chi connectivity index (χ2n) is 5.08. The van der Waals surface area contributed by atoms with Crippen molar-refractivity contribution in [2.75, 3.05) is 23.3 Å². The first kappa shape index (κ1) is 13.4. The van der Waals surface area contributed by atoms with Gasteiger partial charge in [-0.25, -0.2) is 9.78 Å². The van der Waals surface area contributed by atoms with Crippen LogP contribution >= 0.6 is 0 Å². The molecule has 0 bridgehead atoms. The van der Waals surface area contributed by atoms with Crippen LogP contribution in [-0.4, -0.2) is 30.1 Å². The van der Waals surface area contributed by atoms with E-state index < -0.39 is 0 Å². The van der Waals surface area contributed by atoms with Crippen molar-refractivity contribution in [3.8, 4) is 0 Å². The van der Waals surface area contributed by atoms with Crippen molar-refractivity contribution in [1.29, 1.82) is 0 Å². The Balaban J connectivity index is 1.52. The molecule has 0 saturated carbocycles. The van der Waals surface area contributed by atoms with Crippen molar-refractivity contribution in [2.24, 2.45) is 0 Å². The Morgan fingerprint density at radius 3 is 2.71 bits per heavy atom. The fraction of sp³-hybridized carbons (Fsp3) is 0.250. The van der Waals surface area contributed by atoms with Crippen LogP contribution in [0, 0.1) is 0 Å². The lowest BCUT2D eigenvalue weighted by Crippen LogP contribution is -2.39. The quantitative estimate of drug-likeness (QED) is 0.909. The Bertz CT molecular complexity index is 588. The predicted octanol–water partition coefficient (Wildman–Crippen LogP) is 2.48. The summed E-state index contributed by atoms with van der Waals surface area (Å²) in [5.74, 6) is 0.963. The molecule has 1 aromatic heterocycles. The molecule has 5 heteroatoms. The Morgan fingerprint density at radius 1 is 1.14 bits per heavy atom. The number of carbonyl (C=O) groups is 1. The summed E-state index contributed by atoms with van der Waals surface area (Å²) in [6.07, 6.45) is 2.72. The molecule has 2 heterocycles. The van der Waals surface area contributed by atoms with E-state index in [1.807, 2.05) is 48.5 Å². The summed E-state index contributed by atoms with van der Waals surface area (Å²) in [5.41, 5.74) is 0.801. The number of para-hydroxylation sites is 1. The van der Waals surface area contributed by atoms with Crippen LogP contribution in [0.15, 0.2) is 54.7 Å². The van der Waals surface area contributed by atoms with Gasteiger partial charge in [0.1, 0.15) is 5.82 Å². The second kappa shape index (κ2) is 6.26. The third-order valence-corrected chi connectivity index (χ3v) is 3.53. The van der Waals surface area contributed by atoms with E-state index in [1.165, 1.54) is 0 Å². The first-order valence-electron chi connectivity index (χ1n) is 7.10. The van der Waals surface area contributed by atoms with E-state index in [0.717, 1.165) is 31.0 Å². The predicted molar refractivity (Wildman–Crippen MR) is 83.5 cm³/mol. The third kappa shape index (κ3) is 3.51. The van der Waals surface area contributed by atoms with Crippen LogP contribution in [0.3, 0.4) is 0 Å². The van der Waals surface area contributed by atoms with Crippen LogP contribution in [0.1, 0.15) is 6.42 Å². The molecular formula is C16H18N4O. The molecule has 1 atom stereocenters. The second-order valence-corrected chi connectivity index (χ2v) is 5.08. The molecule has 1 aliphatic heterocycles. The van der Waals surface area contributed by atoms with Gasteiger partial charge in [-0.2, -0.15) is 0 Å². The zero-order valence-electron chi connectivity index (χ0n) is 11.7. The number of nitrogens with zero attached hydrogens (tertiary/aromatic N) is 2. The van der Waals surface area contributed by atoms with Gasteiger partial charge >= 0.3 is 6.03 Å². The fourth-order valence-electron chi connectivity index (χ4n) is 2.50. The van der Waals surface area contributed by atoms with Crippen LogP contribution in [0.2, 0.25) is 0 Å². The molecule has 0 radical (unpaired) electrons. The average molecular weight is 282 g/mol. The maximum absolute atomic E-state index is 12.0. The summed E-state index contributed by atoms with van der Waals surface area (Å²) in [7, 11) is 0. The van der Waals surface area contributed by atoms with Gasteiger partial charge in [0.2, 0.25) is 0 Å². The number of benzene rings is 1. The van der Waals surface area contributed by atoms with E-state index in [-0.39, 0.29) is 12.1 Å². The lowest BCUT2D eigenvalue weighted by Gasteiger charge is -2.17. The monoisotopic (exact) mass is 282 g/mol. The molecule has 0 unspecified atom stereocenters. The van der Waals surface area contributed by atoms with Crippen LogP contribution in [0.25, 0.3) is 0 Å². The zero-order chi connectivity index (χ0) is 14.5. The summed E-state index contributed by atoms with van der Waals surface area (Å²) < 4.78 is 0. The van der Waals surface area contributed by atoms with Gasteiger partial charge in [-0.1, -0.05) is 24.3 Å². The van der Waals surface area contributed by atoms with Gasteiger partial charge in [-0.05, 0) is 30.7 Å². The van der Waals surface area contributed by atoms with Gasteiger partial charge in [0.15, 0.2) is 0 Å². The molecule has 1 saturated heterocycles. The Hall–Kier alpha value is -2.56. The first-order valence-corrected chi connectivity index (χ1v) is 7.10. The fourth-order valence-corrected chi connectivity index (χ4v) is 2.50. The highest BCUT2D eigenvalue weighted by atomic mass is 16.2. The number of hydrogen-bond donors (Lipinski definition) is 2. The number of hydrogen-bond acceptors (Lipinski definition) is 3. The maximum atomic E-state index is 12.0. The number of pyridine rings is 1. The number of anilines is 2. The van der Waals surface area contributed by atoms with E-state index in [4.69, 9.17) is 0 Å². The minimum Gasteiger partial charge on any atom is -0.354 e. The number of carbonyl (C=O) groups excluding carboxylic acids is 1. The molecule has 5 nitrogen and oxygen atoms in total. The Morgan fingerprint density at radius 2 is 1.95 bits per heavy atom. The highest BCUT2D eigenvalue weighted by Crippen LogP contribution is 2.17. The number of rotatable bonds is 3. The van der Waals surface area contributed by atoms with Crippen molar-refractivity contribution in [2.45, 2.75) is 12.5 Å². The molecule has 108 valence electrons. The van der Waals surface area contributed by atoms with Gasteiger partial charge < -0.3 is 15.5 Å². The number of amides is 2. The van der Waals surface area contributed by atoms with Gasteiger partial charge in [0.05, 0.1) is 0 Å². The molecule has 1 aliphatic rings. The lowest BCUT2D eigenvalue weighted by atomic mass is 10.3. The molecule has 2 aromatic rings. The van der Waals surface area contributed by atoms with E-state index >= 15 is 0 Å². The SMILES string of the molecule is O=C(Nc1ccccc1)N[C@H]1CCN(c2ccccn2)C1. The maximum Gasteiger partial charge on any atom is 0.319 e. The molecule has 2 N–H and O–H groups in total. The van der Waals surface area contributed by atoms with Crippen LogP contribution in [-0.2, 0) is 0 Å². The van der Waals surface area contributed by atoms with Gasteiger partial charge in [0.25, 0.3) is 0 Å². The van der Waals surface area contributed by atoms with E-state index in [9.17, 15) is 4.79 Å². The van der Waals surface area contributed by atoms with Crippen molar-refractivity contribution in [3.63, 3.8) is 0 Å². The van der Waals surface area contributed by atoms with Crippen molar-refractivity contribution in [1.82, 2.24) is 10.3 Å². The van der Waals surface area contributed by atoms with Crippen LogP contribution in [0.5, 0.6) is 0 Å². The van der Waals surface area contributed by atoms with E-state index in [2.05, 4.69) is 20.5 Å². The molecule has 1 aromatic carbocycles. The summed E-state index contributed by atoms with van der Waals surface area (Å²) in [5, 5.41) is 5.85. The first-order chi connectivity index (χ1) is 10.3. The molecule has 3 rings (SSSR count). The lowest BCUT2D eigenvalue weighted by molar-refractivity contribution is 0.249. The molecule has 2 amide bonds. The summed E-state index contributed by atoms with van der Waals surface area (Å²) >= 11 is 0. The standard InChI is InChI=1S/C16H18N4O/c21-16(18-13-6-2-1-3-7-13)19-14-9-11-20(12-14)15-8-4-5-10-17-15/h1-8,10,14H,9,11-12H2,(H2,18,19,21)/t14-/m0/s1. The Labute approximate surface area is 124 Å². The van der Waals surface area contributed by atoms with Crippen LogP contribution < -0.4 is 15.5 Å². The smallest absolute Gasteiger partial charge is 0.319 e. The number of aromatic nitrogens is 1. The van der Waals surface area contributed by atoms with Crippen LogP contribution in [0.4, 0.5) is 16.3 Å². The largest absolute Gasteiger partial charge is 0.354 e. The van der Waals surface area contributed by atoms with E-state index in [1.54, 1.807) is 6.20 Å².